The van der Waals surface area contributed by atoms with Crippen molar-refractivity contribution in [2.75, 3.05) is 10.6 Å². The van der Waals surface area contributed by atoms with Crippen LogP contribution in [0.3, 0.4) is 0 Å². The maximum absolute atomic E-state index is 13.5. The highest BCUT2D eigenvalue weighted by Crippen LogP contribution is 2.31. The molecule has 0 saturated heterocycles. The van der Waals surface area contributed by atoms with Crippen LogP contribution < -0.4 is 10.6 Å². The minimum Gasteiger partial charge on any atom is -0.360 e. The van der Waals surface area contributed by atoms with Gasteiger partial charge in [0, 0.05) is 34.9 Å². The smallest absolute Gasteiger partial charge is 0.201 e. The Labute approximate surface area is 222 Å². The summed E-state index contributed by atoms with van der Waals surface area (Å²) in [5, 5.41) is 6.45. The molecule has 0 heterocycles. The summed E-state index contributed by atoms with van der Waals surface area (Å²) in [7, 11) is 0. The van der Waals surface area contributed by atoms with Crippen LogP contribution in [0.2, 0.25) is 0 Å². The molecular formula is C32H28N2O2S. The third kappa shape index (κ3) is 7.32. The standard InChI is InChI=1S/C32H28N2O2S/c1-23-13-17-27(18-14-23)33-21-29(31(35)25-9-5-3-6-10-25)37-30(32(36)26-11-7-4-8-12-26)22-34-28-19-15-24(2)16-20-28/h3-22,33-34H,1-2H3/b29-21-,30-22+. The van der Waals surface area contributed by atoms with E-state index in [1.165, 1.54) is 0 Å². The van der Waals surface area contributed by atoms with Gasteiger partial charge in [-0.05, 0) is 38.1 Å². The van der Waals surface area contributed by atoms with E-state index >= 15 is 0 Å². The average molecular weight is 505 g/mol. The van der Waals surface area contributed by atoms with Crippen molar-refractivity contribution in [1.29, 1.82) is 0 Å². The Morgan fingerprint density at radius 2 is 0.892 bits per heavy atom. The first-order valence-electron chi connectivity index (χ1n) is 11.9. The molecule has 0 radical (unpaired) electrons. The number of nitrogens with one attached hydrogen (secondary N) is 2. The Hall–Kier alpha value is -4.35. The van der Waals surface area contributed by atoms with Gasteiger partial charge in [0.1, 0.15) is 0 Å². The van der Waals surface area contributed by atoms with E-state index in [0.717, 1.165) is 34.3 Å². The van der Waals surface area contributed by atoms with E-state index < -0.39 is 0 Å². The van der Waals surface area contributed by atoms with Crippen molar-refractivity contribution in [1.82, 2.24) is 0 Å². The van der Waals surface area contributed by atoms with Crippen molar-refractivity contribution in [2.45, 2.75) is 13.8 Å². The number of rotatable bonds is 10. The summed E-state index contributed by atoms with van der Waals surface area (Å²) in [4.78, 5) is 27.9. The van der Waals surface area contributed by atoms with Crippen LogP contribution in [0.5, 0.6) is 0 Å². The highest BCUT2D eigenvalue weighted by Gasteiger charge is 2.20. The number of carbonyl (C=O) groups is 2. The van der Waals surface area contributed by atoms with Crippen molar-refractivity contribution < 1.29 is 9.59 Å². The summed E-state index contributed by atoms with van der Waals surface area (Å²) < 4.78 is 0. The average Bonchev–Trinajstić information content (AvgIpc) is 2.94. The lowest BCUT2D eigenvalue weighted by molar-refractivity contribution is 0.103. The molecule has 4 aromatic rings. The molecule has 0 aliphatic rings. The lowest BCUT2D eigenvalue weighted by Crippen LogP contribution is -2.08. The number of thioether (sulfide) groups is 1. The summed E-state index contributed by atoms with van der Waals surface area (Å²) in [5.74, 6) is -0.348. The second kappa shape index (κ2) is 12.6. The molecule has 0 amide bonds. The van der Waals surface area contributed by atoms with E-state index in [1.807, 2.05) is 98.8 Å². The molecule has 0 aromatic heterocycles. The summed E-state index contributed by atoms with van der Waals surface area (Å²) >= 11 is 1.14. The number of Topliss-reactive ketones (excluding diaryl/α,β-unsaturated/α-hetero) is 2. The van der Waals surface area contributed by atoms with Crippen molar-refractivity contribution in [3.05, 3.63) is 154 Å². The molecular weight excluding hydrogens is 476 g/mol. The lowest BCUT2D eigenvalue weighted by atomic mass is 10.1. The van der Waals surface area contributed by atoms with Crippen LogP contribution in [-0.4, -0.2) is 11.6 Å². The third-order valence-corrected chi connectivity index (χ3v) is 6.63. The molecule has 0 spiro atoms. The molecule has 2 N–H and O–H groups in total. The molecule has 0 atom stereocenters. The molecule has 0 fully saturated rings. The second-order valence-electron chi connectivity index (χ2n) is 8.53. The number of carbonyl (C=O) groups excluding carboxylic acids is 2. The van der Waals surface area contributed by atoms with Crippen LogP contribution >= 0.6 is 11.8 Å². The van der Waals surface area contributed by atoms with Crippen LogP contribution in [0.1, 0.15) is 31.8 Å². The Morgan fingerprint density at radius 3 is 1.24 bits per heavy atom. The molecule has 184 valence electrons. The molecule has 5 heteroatoms. The van der Waals surface area contributed by atoms with Gasteiger partial charge in [0.25, 0.3) is 0 Å². The highest BCUT2D eigenvalue weighted by molar-refractivity contribution is 8.08. The number of aryl methyl sites for hydroxylation is 2. The zero-order valence-electron chi connectivity index (χ0n) is 20.8. The van der Waals surface area contributed by atoms with Gasteiger partial charge in [0.05, 0.1) is 9.81 Å². The topological polar surface area (TPSA) is 58.2 Å². The van der Waals surface area contributed by atoms with E-state index in [-0.39, 0.29) is 11.6 Å². The third-order valence-electron chi connectivity index (χ3n) is 5.58. The summed E-state index contributed by atoms with van der Waals surface area (Å²) in [6.07, 6.45) is 3.34. The summed E-state index contributed by atoms with van der Waals surface area (Å²) in [5.41, 5.74) is 5.08. The summed E-state index contributed by atoms with van der Waals surface area (Å²) in [6, 6.07) is 33.9. The fourth-order valence-corrected chi connectivity index (χ4v) is 4.36. The van der Waals surface area contributed by atoms with Crippen molar-refractivity contribution in [2.24, 2.45) is 0 Å². The highest BCUT2D eigenvalue weighted by atomic mass is 32.2. The fraction of sp³-hybridized carbons (Fsp3) is 0.0625. The molecule has 0 bridgehead atoms. The molecule has 37 heavy (non-hydrogen) atoms. The summed E-state index contributed by atoms with van der Waals surface area (Å²) in [6.45, 7) is 4.04. The van der Waals surface area contributed by atoms with Crippen molar-refractivity contribution in [3.63, 3.8) is 0 Å². The Bertz CT molecular complexity index is 1300. The Morgan fingerprint density at radius 1 is 0.541 bits per heavy atom. The number of ketones is 2. The second-order valence-corrected chi connectivity index (χ2v) is 9.61. The van der Waals surface area contributed by atoms with Crippen LogP contribution in [0.15, 0.2) is 131 Å². The first-order chi connectivity index (χ1) is 18.0. The van der Waals surface area contributed by atoms with E-state index in [4.69, 9.17) is 0 Å². The van der Waals surface area contributed by atoms with Gasteiger partial charge in [-0.25, -0.2) is 0 Å². The van der Waals surface area contributed by atoms with Gasteiger partial charge >= 0.3 is 0 Å². The number of hydrogen-bond donors (Lipinski definition) is 2. The normalized spacial score (nSPS) is 11.6. The molecule has 0 aliphatic heterocycles. The van der Waals surface area contributed by atoms with Crippen LogP contribution in [0.4, 0.5) is 11.4 Å². The van der Waals surface area contributed by atoms with E-state index in [2.05, 4.69) is 10.6 Å². The first kappa shape index (κ1) is 25.7. The van der Waals surface area contributed by atoms with Gasteiger partial charge in [0.2, 0.25) is 11.6 Å². The molecule has 0 unspecified atom stereocenters. The minimum absolute atomic E-state index is 0.174. The molecule has 0 saturated carbocycles. The van der Waals surface area contributed by atoms with Crippen LogP contribution in [-0.2, 0) is 0 Å². The van der Waals surface area contributed by atoms with Gasteiger partial charge in [-0.15, -0.1) is 0 Å². The monoisotopic (exact) mass is 504 g/mol. The quantitative estimate of drug-likeness (QED) is 0.169. The van der Waals surface area contributed by atoms with E-state index in [1.54, 1.807) is 36.7 Å². The number of anilines is 2. The Balaban J connectivity index is 1.69. The molecule has 4 rings (SSSR count). The van der Waals surface area contributed by atoms with E-state index in [9.17, 15) is 9.59 Å². The van der Waals surface area contributed by atoms with Gasteiger partial charge in [0.15, 0.2) is 0 Å². The molecule has 0 aliphatic carbocycles. The van der Waals surface area contributed by atoms with Gasteiger partial charge in [-0.3, -0.25) is 9.59 Å². The number of allylic oxidation sites excluding steroid dienone is 2. The first-order valence-corrected chi connectivity index (χ1v) is 12.8. The maximum Gasteiger partial charge on any atom is 0.201 e. The SMILES string of the molecule is Cc1ccc(N/C=C(\S/C(=C/Nc2ccc(C)cc2)C(=O)c2ccccc2)C(=O)c2ccccc2)cc1. The lowest BCUT2D eigenvalue weighted by Gasteiger charge is -2.12. The predicted octanol–water partition coefficient (Wildman–Crippen LogP) is 8.01. The maximum atomic E-state index is 13.5. The number of benzene rings is 4. The Kier molecular flexibility index (Phi) is 8.74. The van der Waals surface area contributed by atoms with Crippen LogP contribution in [0.25, 0.3) is 0 Å². The number of hydrogen-bond acceptors (Lipinski definition) is 5. The van der Waals surface area contributed by atoms with Gasteiger partial charge in [-0.1, -0.05) is 108 Å². The zero-order valence-corrected chi connectivity index (χ0v) is 21.6. The van der Waals surface area contributed by atoms with E-state index in [0.29, 0.717) is 20.9 Å². The van der Waals surface area contributed by atoms with Crippen molar-refractivity contribution in [3.8, 4) is 0 Å². The predicted molar refractivity (Wildman–Crippen MR) is 155 cm³/mol. The van der Waals surface area contributed by atoms with Gasteiger partial charge < -0.3 is 10.6 Å². The molecule has 4 nitrogen and oxygen atoms in total. The largest absolute Gasteiger partial charge is 0.360 e. The molecule has 4 aromatic carbocycles. The van der Waals surface area contributed by atoms with Gasteiger partial charge in [-0.2, -0.15) is 0 Å². The minimum atomic E-state index is -0.174. The van der Waals surface area contributed by atoms with Crippen LogP contribution in [0, 0.1) is 13.8 Å². The zero-order chi connectivity index (χ0) is 26.0. The van der Waals surface area contributed by atoms with Crippen molar-refractivity contribution >= 4 is 34.7 Å². The fourth-order valence-electron chi connectivity index (χ4n) is 3.46.